The minimum Gasteiger partial charge on any atom is -0.0630 e. The van der Waals surface area contributed by atoms with Crippen LogP contribution >= 0.6 is 0 Å². The largest absolute Gasteiger partial charge is 0.0630 e. The van der Waals surface area contributed by atoms with Crippen LogP contribution in [-0.2, 0) is 18.9 Å². The molecule has 0 atom stereocenters. The molecular formula is C29H36Si. The average molecular weight is 422 g/mol. The van der Waals surface area contributed by atoms with Gasteiger partial charge in [-0.1, -0.05) is 103 Å². The molecule has 0 aliphatic heterocycles. The van der Waals surface area contributed by atoms with Gasteiger partial charge in [0.25, 0.3) is 0 Å². The normalized spacial score (nSPS) is 17.4. The van der Waals surface area contributed by atoms with Crippen molar-refractivity contribution in [2.45, 2.75) is 72.2 Å². The molecule has 0 saturated heterocycles. The third-order valence-electron chi connectivity index (χ3n) is 4.88. The molecule has 3 rings (SSSR count). The van der Waals surface area contributed by atoms with E-state index in [4.69, 9.17) is 12.3 Å². The highest BCUT2D eigenvalue weighted by Crippen LogP contribution is 2.24. The Morgan fingerprint density at radius 3 is 1.50 bits per heavy atom. The van der Waals surface area contributed by atoms with Gasteiger partial charge in [0.2, 0.25) is 0 Å². The fourth-order valence-corrected chi connectivity index (χ4v) is 4.68. The fourth-order valence-electron chi connectivity index (χ4n) is 3.74. The lowest BCUT2D eigenvalue weighted by Gasteiger charge is -2.17. The van der Waals surface area contributed by atoms with Crippen LogP contribution in [0.15, 0.2) is 54.6 Å². The molecule has 0 N–H and O–H groups in total. The first-order valence-corrected chi connectivity index (χ1v) is 11.5. The molecule has 30 heavy (non-hydrogen) atoms. The first-order chi connectivity index (χ1) is 17.7. The molecular weight excluding hydrogens is 376 g/mol. The van der Waals surface area contributed by atoms with E-state index >= 15 is 0 Å². The number of hydrogen-bond acceptors (Lipinski definition) is 0. The molecule has 0 amide bonds. The maximum absolute atomic E-state index is 8.02. The van der Waals surface area contributed by atoms with Gasteiger partial charge in [-0.15, -0.1) is 0 Å². The SMILES string of the molecule is [2H]C([2H])([2H])c1cc(C)cc(Cc2cc(Cc3cc(C[Si]C(C)(C)C)cc(C([2H])([2H])[2H])c3)cc(C([2H])([2H])[2H])c2)c1. The van der Waals surface area contributed by atoms with Crippen molar-refractivity contribution in [1.29, 1.82) is 0 Å². The Morgan fingerprint density at radius 2 is 1.00 bits per heavy atom. The molecule has 0 heterocycles. The Labute approximate surface area is 199 Å². The smallest absolute Gasteiger partial charge is 0.0494 e. The summed E-state index contributed by atoms with van der Waals surface area (Å²) in [6.45, 7) is 1.54. The van der Waals surface area contributed by atoms with E-state index < -0.39 is 20.6 Å². The van der Waals surface area contributed by atoms with E-state index in [0.29, 0.717) is 22.4 Å². The molecule has 0 aliphatic carbocycles. The summed E-state index contributed by atoms with van der Waals surface area (Å²) >= 11 is 0. The van der Waals surface area contributed by atoms with Gasteiger partial charge in [0.1, 0.15) is 0 Å². The van der Waals surface area contributed by atoms with E-state index in [1.165, 1.54) is 0 Å². The highest BCUT2D eigenvalue weighted by molar-refractivity contribution is 6.39. The van der Waals surface area contributed by atoms with Crippen LogP contribution in [0.1, 0.15) is 83.2 Å². The second-order valence-electron chi connectivity index (χ2n) is 9.24. The van der Waals surface area contributed by atoms with Crippen molar-refractivity contribution in [2.75, 3.05) is 0 Å². The summed E-state index contributed by atoms with van der Waals surface area (Å²) in [6.07, 6.45) is 0.774. The molecule has 0 aromatic heterocycles. The van der Waals surface area contributed by atoms with Gasteiger partial charge in [0.15, 0.2) is 0 Å². The maximum Gasteiger partial charge on any atom is 0.0494 e. The lowest BCUT2D eigenvalue weighted by atomic mass is 9.95. The van der Waals surface area contributed by atoms with Gasteiger partial charge in [-0.2, -0.15) is 0 Å². The molecule has 2 radical (unpaired) electrons. The zero-order valence-corrected chi connectivity index (χ0v) is 19.3. The lowest BCUT2D eigenvalue weighted by Crippen LogP contribution is -2.11. The van der Waals surface area contributed by atoms with Crippen LogP contribution in [0.5, 0.6) is 0 Å². The van der Waals surface area contributed by atoms with Crippen molar-refractivity contribution < 1.29 is 12.3 Å². The minimum atomic E-state index is -2.32. The molecule has 156 valence electrons. The van der Waals surface area contributed by atoms with E-state index in [1.54, 1.807) is 36.4 Å². The number of rotatable bonds is 6. The second-order valence-corrected chi connectivity index (χ2v) is 11.4. The minimum absolute atomic E-state index is 0.133. The zero-order chi connectivity index (χ0) is 29.4. The number of aryl methyl sites for hydroxylation is 4. The van der Waals surface area contributed by atoms with Crippen LogP contribution in [0.25, 0.3) is 0 Å². The van der Waals surface area contributed by atoms with Crippen LogP contribution in [-0.4, -0.2) is 9.52 Å². The number of hydrogen-bond donors (Lipinski definition) is 0. The van der Waals surface area contributed by atoms with E-state index in [0.717, 1.165) is 39.4 Å². The Bertz CT molecular complexity index is 1310. The van der Waals surface area contributed by atoms with Crippen molar-refractivity contribution in [1.82, 2.24) is 0 Å². The third kappa shape index (κ3) is 6.99. The van der Waals surface area contributed by atoms with Crippen molar-refractivity contribution >= 4 is 9.52 Å². The Kier molecular flexibility index (Phi) is 4.15. The van der Waals surface area contributed by atoms with Crippen LogP contribution in [0.4, 0.5) is 0 Å². The summed E-state index contributed by atoms with van der Waals surface area (Å²) in [4.78, 5) is 0. The lowest BCUT2D eigenvalue weighted by molar-refractivity contribution is 0.749. The summed E-state index contributed by atoms with van der Waals surface area (Å²) < 4.78 is 71.3. The maximum atomic E-state index is 8.02. The molecule has 3 aromatic carbocycles. The quantitative estimate of drug-likeness (QED) is 0.361. The highest BCUT2D eigenvalue weighted by atomic mass is 28.2. The molecule has 0 unspecified atom stereocenters. The monoisotopic (exact) mass is 421 g/mol. The molecule has 0 fully saturated rings. The van der Waals surface area contributed by atoms with Crippen molar-refractivity contribution in [3.05, 3.63) is 105 Å². The summed E-state index contributed by atoms with van der Waals surface area (Å²) in [5, 5.41) is 0.133. The van der Waals surface area contributed by atoms with Gasteiger partial charge in [-0.25, -0.2) is 0 Å². The molecule has 0 bridgehead atoms. The van der Waals surface area contributed by atoms with Gasteiger partial charge in [0.05, 0.1) is 0 Å². The van der Waals surface area contributed by atoms with E-state index in [2.05, 4.69) is 20.8 Å². The summed E-state index contributed by atoms with van der Waals surface area (Å²) in [5.74, 6) is 0. The predicted molar refractivity (Wildman–Crippen MR) is 133 cm³/mol. The second kappa shape index (κ2) is 9.35. The molecule has 0 nitrogen and oxygen atoms in total. The van der Waals surface area contributed by atoms with Crippen molar-refractivity contribution in [3.63, 3.8) is 0 Å². The standard InChI is InChI=1S/C29H36Si/c1-20-8-21(2)10-24(9-20)15-25-11-22(3)12-26(16-25)17-27-13-23(4)14-28(18-27)19-30-29(5,6)7/h8-14,16,18H,15,17,19H2,1-7H3/i1D3,3D3,4D3. The third-order valence-corrected chi connectivity index (χ3v) is 6.53. The molecule has 0 aliphatic rings. The van der Waals surface area contributed by atoms with Gasteiger partial charge in [-0.3, -0.25) is 0 Å². The van der Waals surface area contributed by atoms with Crippen LogP contribution in [0, 0.1) is 27.5 Å². The number of benzene rings is 3. The molecule has 1 heteroatoms. The van der Waals surface area contributed by atoms with E-state index in [1.807, 2.05) is 25.1 Å². The summed E-state index contributed by atoms with van der Waals surface area (Å²) in [6, 6.07) is 16.7. The molecule has 3 aromatic rings. The average Bonchev–Trinajstić information content (AvgIpc) is 2.75. The van der Waals surface area contributed by atoms with Gasteiger partial charge >= 0.3 is 0 Å². The highest BCUT2D eigenvalue weighted by Gasteiger charge is 2.12. The molecule has 0 spiro atoms. The Hall–Kier alpha value is -2.12. The first-order valence-electron chi connectivity index (χ1n) is 14.8. The van der Waals surface area contributed by atoms with Crippen LogP contribution < -0.4 is 0 Å². The van der Waals surface area contributed by atoms with E-state index in [-0.39, 0.29) is 21.7 Å². The van der Waals surface area contributed by atoms with Gasteiger partial charge < -0.3 is 0 Å². The predicted octanol–water partition coefficient (Wildman–Crippen LogP) is 7.52. The van der Waals surface area contributed by atoms with Crippen LogP contribution in [0.3, 0.4) is 0 Å². The van der Waals surface area contributed by atoms with Gasteiger partial charge in [0, 0.05) is 21.9 Å². The van der Waals surface area contributed by atoms with Gasteiger partial charge in [-0.05, 0) is 73.7 Å². The first kappa shape index (κ1) is 13.3. The zero-order valence-electron chi connectivity index (χ0n) is 27.3. The fraction of sp³-hybridized carbons (Fsp3) is 0.379. The van der Waals surface area contributed by atoms with E-state index in [9.17, 15) is 0 Å². The van der Waals surface area contributed by atoms with Crippen LogP contribution in [0.2, 0.25) is 5.04 Å². The summed E-state index contributed by atoms with van der Waals surface area (Å²) in [5.41, 5.74) is 5.71. The Balaban J connectivity index is 2.03. The molecule has 0 saturated carbocycles. The summed E-state index contributed by atoms with van der Waals surface area (Å²) in [7, 11) is 0.631. The van der Waals surface area contributed by atoms with Crippen molar-refractivity contribution in [3.8, 4) is 0 Å². The Morgan fingerprint density at radius 1 is 0.600 bits per heavy atom. The topological polar surface area (TPSA) is 0 Å². The van der Waals surface area contributed by atoms with Crippen molar-refractivity contribution in [2.24, 2.45) is 0 Å².